The van der Waals surface area contributed by atoms with Crippen molar-refractivity contribution in [1.82, 2.24) is 0 Å². The van der Waals surface area contributed by atoms with Gasteiger partial charge >= 0.3 is 0 Å². The highest BCUT2D eigenvalue weighted by Gasteiger charge is 1.94. The van der Waals surface area contributed by atoms with Crippen LogP contribution in [0.1, 0.15) is 25.3 Å². The van der Waals surface area contributed by atoms with Crippen molar-refractivity contribution in [3.05, 3.63) is 29.8 Å². The van der Waals surface area contributed by atoms with Gasteiger partial charge in [-0.15, -0.1) is 0 Å². The lowest BCUT2D eigenvalue weighted by Crippen LogP contribution is -1.75. The molecule has 0 fully saturated rings. The van der Waals surface area contributed by atoms with Gasteiger partial charge in [0.05, 0.1) is 11.3 Å². The zero-order valence-corrected chi connectivity index (χ0v) is 8.08. The molecule has 2 nitrogen and oxygen atoms in total. The van der Waals surface area contributed by atoms with Gasteiger partial charge in [0.1, 0.15) is 0 Å². The summed E-state index contributed by atoms with van der Waals surface area (Å²) in [6.45, 7) is 2.07. The Morgan fingerprint density at radius 2 is 2.14 bits per heavy atom. The van der Waals surface area contributed by atoms with Gasteiger partial charge in [0.2, 0.25) is 6.08 Å². The molecular formula is C12H11NO. The molecule has 1 aromatic carbocycles. The molecule has 0 heterocycles. The van der Waals surface area contributed by atoms with E-state index in [0.29, 0.717) is 5.69 Å². The van der Waals surface area contributed by atoms with Crippen LogP contribution in [0.5, 0.6) is 0 Å². The molecule has 0 aliphatic rings. The van der Waals surface area contributed by atoms with E-state index >= 15 is 0 Å². The number of hydrogen-bond donors (Lipinski definition) is 0. The fraction of sp³-hybridized carbons (Fsp3) is 0.250. The molecule has 1 rings (SSSR count). The topological polar surface area (TPSA) is 29.4 Å². The van der Waals surface area contributed by atoms with Crippen molar-refractivity contribution in [2.75, 3.05) is 0 Å². The Morgan fingerprint density at radius 3 is 2.86 bits per heavy atom. The molecule has 14 heavy (non-hydrogen) atoms. The van der Waals surface area contributed by atoms with Gasteiger partial charge in [-0.25, -0.2) is 4.79 Å². The minimum Gasteiger partial charge on any atom is -0.211 e. The predicted molar refractivity (Wildman–Crippen MR) is 56.0 cm³/mol. The van der Waals surface area contributed by atoms with Crippen LogP contribution in [-0.4, -0.2) is 6.08 Å². The molecule has 0 atom stereocenters. The molecule has 0 radical (unpaired) electrons. The summed E-state index contributed by atoms with van der Waals surface area (Å²) in [6, 6.07) is 7.29. The van der Waals surface area contributed by atoms with Crippen LogP contribution in [0.25, 0.3) is 0 Å². The maximum Gasteiger partial charge on any atom is 0.240 e. The van der Waals surface area contributed by atoms with Crippen LogP contribution in [0, 0.1) is 11.8 Å². The number of isocyanates is 1. The first-order chi connectivity index (χ1) is 6.88. The van der Waals surface area contributed by atoms with Crippen LogP contribution in [0.2, 0.25) is 0 Å². The summed E-state index contributed by atoms with van der Waals surface area (Å²) in [5, 5.41) is 0. The van der Waals surface area contributed by atoms with Gasteiger partial charge in [0.25, 0.3) is 0 Å². The molecule has 1 aromatic rings. The van der Waals surface area contributed by atoms with Crippen LogP contribution in [0.4, 0.5) is 5.69 Å². The normalized spacial score (nSPS) is 8.36. The van der Waals surface area contributed by atoms with E-state index in [9.17, 15) is 4.79 Å². The SMILES string of the molecule is CCCC#Cc1ccccc1N=C=O. The Morgan fingerprint density at radius 1 is 1.36 bits per heavy atom. The summed E-state index contributed by atoms with van der Waals surface area (Å²) < 4.78 is 0. The van der Waals surface area contributed by atoms with Crippen molar-refractivity contribution < 1.29 is 4.79 Å². The van der Waals surface area contributed by atoms with Gasteiger partial charge in [-0.1, -0.05) is 30.9 Å². The minimum atomic E-state index is 0.589. The average molecular weight is 185 g/mol. The van der Waals surface area contributed by atoms with Crippen molar-refractivity contribution in [1.29, 1.82) is 0 Å². The number of carbonyl (C=O) groups excluding carboxylic acids is 1. The second-order valence-corrected chi connectivity index (χ2v) is 2.77. The van der Waals surface area contributed by atoms with Crippen molar-refractivity contribution in [3.63, 3.8) is 0 Å². The molecule has 0 spiro atoms. The highest BCUT2D eigenvalue weighted by Crippen LogP contribution is 2.16. The first kappa shape index (κ1) is 10.2. The number of hydrogen-bond acceptors (Lipinski definition) is 2. The fourth-order valence-corrected chi connectivity index (χ4v) is 1.01. The van der Waals surface area contributed by atoms with E-state index in [-0.39, 0.29) is 0 Å². The van der Waals surface area contributed by atoms with E-state index in [2.05, 4.69) is 23.8 Å². The van der Waals surface area contributed by atoms with Gasteiger partial charge in [-0.05, 0) is 18.6 Å². The van der Waals surface area contributed by atoms with E-state index in [4.69, 9.17) is 0 Å². The Balaban J connectivity index is 2.97. The molecule has 0 saturated heterocycles. The summed E-state index contributed by atoms with van der Waals surface area (Å²) in [6.07, 6.45) is 3.42. The largest absolute Gasteiger partial charge is 0.240 e. The molecule has 0 unspecified atom stereocenters. The lowest BCUT2D eigenvalue weighted by molar-refractivity contribution is 0.565. The lowest BCUT2D eigenvalue weighted by atomic mass is 10.2. The van der Waals surface area contributed by atoms with Gasteiger partial charge < -0.3 is 0 Å². The third-order valence-electron chi connectivity index (χ3n) is 1.67. The molecule has 0 amide bonds. The number of benzene rings is 1. The van der Waals surface area contributed by atoms with Crippen LogP contribution >= 0.6 is 0 Å². The maximum atomic E-state index is 10.1. The van der Waals surface area contributed by atoms with Gasteiger partial charge in [-0.2, -0.15) is 4.99 Å². The summed E-state index contributed by atoms with van der Waals surface area (Å²) in [5.74, 6) is 5.99. The maximum absolute atomic E-state index is 10.1. The van der Waals surface area contributed by atoms with Crippen molar-refractivity contribution in [2.45, 2.75) is 19.8 Å². The highest BCUT2D eigenvalue weighted by molar-refractivity contribution is 5.59. The van der Waals surface area contributed by atoms with Gasteiger partial charge in [-0.3, -0.25) is 0 Å². The van der Waals surface area contributed by atoms with Crippen LogP contribution < -0.4 is 0 Å². The van der Waals surface area contributed by atoms with E-state index in [0.717, 1.165) is 18.4 Å². The zero-order chi connectivity index (χ0) is 10.2. The standard InChI is InChI=1S/C12H11NO/c1-2-3-4-7-11-8-5-6-9-12(11)13-10-14/h5-6,8-9H,2-3H2,1H3. The Kier molecular flexibility index (Phi) is 4.20. The molecule has 2 heteroatoms. The third kappa shape index (κ3) is 2.90. The number of unbranched alkanes of at least 4 members (excludes halogenated alkanes) is 1. The molecule has 70 valence electrons. The molecule has 0 N–H and O–H groups in total. The van der Waals surface area contributed by atoms with Crippen LogP contribution in [0.15, 0.2) is 29.3 Å². The Labute approximate surface area is 83.7 Å². The number of aliphatic imine (C=N–C) groups is 1. The second-order valence-electron chi connectivity index (χ2n) is 2.77. The molecule has 0 saturated carbocycles. The highest BCUT2D eigenvalue weighted by atomic mass is 16.1. The second kappa shape index (κ2) is 5.75. The molecule has 0 bridgehead atoms. The van der Waals surface area contributed by atoms with Gasteiger partial charge in [0, 0.05) is 6.42 Å². The minimum absolute atomic E-state index is 0.589. The first-order valence-electron chi connectivity index (χ1n) is 4.54. The third-order valence-corrected chi connectivity index (χ3v) is 1.67. The van der Waals surface area contributed by atoms with Crippen molar-refractivity contribution >= 4 is 11.8 Å². The van der Waals surface area contributed by atoms with E-state index < -0.39 is 0 Å². The summed E-state index contributed by atoms with van der Waals surface area (Å²) in [4.78, 5) is 13.7. The fourth-order valence-electron chi connectivity index (χ4n) is 1.01. The van der Waals surface area contributed by atoms with Crippen molar-refractivity contribution in [3.8, 4) is 11.8 Å². The van der Waals surface area contributed by atoms with Crippen LogP contribution in [-0.2, 0) is 4.79 Å². The quantitative estimate of drug-likeness (QED) is 0.395. The van der Waals surface area contributed by atoms with E-state index in [1.165, 1.54) is 6.08 Å². The Bertz CT molecular complexity index is 406. The number of para-hydroxylation sites is 1. The van der Waals surface area contributed by atoms with Gasteiger partial charge in [0.15, 0.2) is 0 Å². The Hall–Kier alpha value is -1.84. The predicted octanol–water partition coefficient (Wildman–Crippen LogP) is 2.81. The first-order valence-corrected chi connectivity index (χ1v) is 4.54. The summed E-state index contributed by atoms with van der Waals surface area (Å²) >= 11 is 0. The summed E-state index contributed by atoms with van der Waals surface area (Å²) in [7, 11) is 0. The molecule has 0 aromatic heterocycles. The van der Waals surface area contributed by atoms with E-state index in [1.54, 1.807) is 6.07 Å². The van der Waals surface area contributed by atoms with E-state index in [1.807, 2.05) is 18.2 Å². The zero-order valence-electron chi connectivity index (χ0n) is 8.08. The molecule has 0 aliphatic heterocycles. The number of nitrogens with zero attached hydrogens (tertiary/aromatic N) is 1. The smallest absolute Gasteiger partial charge is 0.211 e. The average Bonchev–Trinajstić information content (AvgIpc) is 2.21. The van der Waals surface area contributed by atoms with Crippen LogP contribution in [0.3, 0.4) is 0 Å². The number of rotatable bonds is 2. The molecular weight excluding hydrogens is 174 g/mol. The summed E-state index contributed by atoms with van der Waals surface area (Å²) in [5.41, 5.74) is 1.37. The van der Waals surface area contributed by atoms with Crippen molar-refractivity contribution in [2.24, 2.45) is 4.99 Å². The molecule has 0 aliphatic carbocycles. The lowest BCUT2D eigenvalue weighted by Gasteiger charge is -1.93. The monoisotopic (exact) mass is 185 g/mol.